The second kappa shape index (κ2) is 12.4. The molecule has 0 aromatic heterocycles. The van der Waals surface area contributed by atoms with E-state index in [9.17, 15) is 8.42 Å². The number of methoxy groups -OCH3 is 3. The molecule has 1 aromatic carbocycles. The molecule has 0 aliphatic rings. The van der Waals surface area contributed by atoms with Crippen LogP contribution in [0.2, 0.25) is 0 Å². The third-order valence-electron chi connectivity index (χ3n) is 4.11. The zero-order chi connectivity index (χ0) is 20.1. The van der Waals surface area contributed by atoms with Gasteiger partial charge in [-0.15, -0.1) is 0 Å². The number of hydrazone groups is 1. The predicted octanol–water partition coefficient (Wildman–Crippen LogP) is 3.72. The second-order valence-corrected chi connectivity index (χ2v) is 8.07. The lowest BCUT2D eigenvalue weighted by Gasteiger charge is -2.12. The fraction of sp³-hybridized carbons (Fsp3) is 0.632. The zero-order valence-electron chi connectivity index (χ0n) is 16.8. The molecule has 27 heavy (non-hydrogen) atoms. The maximum absolute atomic E-state index is 12.0. The summed E-state index contributed by atoms with van der Waals surface area (Å²) in [5.41, 5.74) is 0.628. The Morgan fingerprint density at radius 1 is 0.926 bits per heavy atom. The lowest BCUT2D eigenvalue weighted by Crippen LogP contribution is -2.21. The molecule has 0 aliphatic carbocycles. The molecule has 1 N–H and O–H groups in total. The minimum atomic E-state index is -3.43. The van der Waals surface area contributed by atoms with Crippen LogP contribution in [-0.4, -0.2) is 41.7 Å². The van der Waals surface area contributed by atoms with Crippen LogP contribution >= 0.6 is 0 Å². The van der Waals surface area contributed by atoms with Crippen LogP contribution in [0.3, 0.4) is 0 Å². The number of unbranched alkanes of at least 4 members (excludes halogenated alkanes) is 6. The molecule has 0 unspecified atom stereocenters. The summed E-state index contributed by atoms with van der Waals surface area (Å²) in [6, 6.07) is 3.38. The highest BCUT2D eigenvalue weighted by atomic mass is 32.2. The summed E-state index contributed by atoms with van der Waals surface area (Å²) >= 11 is 0. The van der Waals surface area contributed by atoms with Gasteiger partial charge in [0.05, 0.1) is 33.3 Å². The molecular formula is C19H32N2O5S. The van der Waals surface area contributed by atoms with Crippen molar-refractivity contribution < 1.29 is 22.6 Å². The van der Waals surface area contributed by atoms with Crippen molar-refractivity contribution in [1.29, 1.82) is 0 Å². The number of sulfonamides is 1. The molecule has 0 amide bonds. The quantitative estimate of drug-likeness (QED) is 0.292. The van der Waals surface area contributed by atoms with Crippen LogP contribution < -0.4 is 19.0 Å². The minimum Gasteiger partial charge on any atom is -0.493 e. The van der Waals surface area contributed by atoms with Gasteiger partial charge in [-0.2, -0.15) is 5.10 Å². The molecular weight excluding hydrogens is 368 g/mol. The first-order valence-corrected chi connectivity index (χ1v) is 10.9. The Morgan fingerprint density at radius 3 is 2.00 bits per heavy atom. The Balaban J connectivity index is 2.55. The van der Waals surface area contributed by atoms with Gasteiger partial charge in [0.15, 0.2) is 11.5 Å². The summed E-state index contributed by atoms with van der Waals surface area (Å²) in [6.45, 7) is 2.18. The Kier molecular flexibility index (Phi) is 10.6. The highest BCUT2D eigenvalue weighted by Gasteiger charge is 2.13. The van der Waals surface area contributed by atoms with Gasteiger partial charge < -0.3 is 14.2 Å². The number of benzene rings is 1. The van der Waals surface area contributed by atoms with Crippen LogP contribution in [0.4, 0.5) is 0 Å². The summed E-state index contributed by atoms with van der Waals surface area (Å²) in [7, 11) is 1.13. The van der Waals surface area contributed by atoms with Crippen molar-refractivity contribution in [2.75, 3.05) is 27.1 Å². The molecule has 0 radical (unpaired) electrons. The molecule has 154 valence electrons. The average Bonchev–Trinajstić information content (AvgIpc) is 2.66. The van der Waals surface area contributed by atoms with Crippen LogP contribution in [0.1, 0.15) is 57.4 Å². The van der Waals surface area contributed by atoms with Crippen molar-refractivity contribution in [2.45, 2.75) is 51.9 Å². The van der Waals surface area contributed by atoms with Gasteiger partial charge in [-0.3, -0.25) is 0 Å². The lowest BCUT2D eigenvalue weighted by molar-refractivity contribution is 0.324. The fourth-order valence-electron chi connectivity index (χ4n) is 2.65. The molecule has 0 atom stereocenters. The van der Waals surface area contributed by atoms with E-state index >= 15 is 0 Å². The van der Waals surface area contributed by atoms with E-state index in [1.807, 2.05) is 0 Å². The van der Waals surface area contributed by atoms with Crippen LogP contribution in [0, 0.1) is 0 Å². The number of nitrogens with one attached hydrogen (secondary N) is 1. The van der Waals surface area contributed by atoms with Crippen molar-refractivity contribution in [3.63, 3.8) is 0 Å². The van der Waals surface area contributed by atoms with E-state index in [4.69, 9.17) is 14.2 Å². The third-order valence-corrected chi connectivity index (χ3v) is 5.32. The van der Waals surface area contributed by atoms with Gasteiger partial charge in [-0.1, -0.05) is 45.4 Å². The normalized spacial score (nSPS) is 11.6. The van der Waals surface area contributed by atoms with E-state index in [2.05, 4.69) is 16.9 Å². The Labute approximate surface area is 163 Å². The van der Waals surface area contributed by atoms with Gasteiger partial charge >= 0.3 is 0 Å². The Morgan fingerprint density at radius 2 is 1.48 bits per heavy atom. The van der Waals surface area contributed by atoms with Crippen molar-refractivity contribution in [3.05, 3.63) is 17.7 Å². The van der Waals surface area contributed by atoms with E-state index in [-0.39, 0.29) is 5.75 Å². The van der Waals surface area contributed by atoms with Gasteiger partial charge in [0.25, 0.3) is 0 Å². The van der Waals surface area contributed by atoms with Gasteiger partial charge in [0.2, 0.25) is 15.8 Å². The van der Waals surface area contributed by atoms with E-state index < -0.39 is 10.0 Å². The average molecular weight is 401 g/mol. The summed E-state index contributed by atoms with van der Waals surface area (Å²) < 4.78 is 39.8. The third kappa shape index (κ3) is 8.51. The second-order valence-electron chi connectivity index (χ2n) is 6.25. The number of hydrogen-bond donors (Lipinski definition) is 1. The lowest BCUT2D eigenvalue weighted by atomic mass is 10.1. The molecule has 0 saturated heterocycles. The monoisotopic (exact) mass is 400 g/mol. The van der Waals surface area contributed by atoms with E-state index in [0.717, 1.165) is 12.8 Å². The smallest absolute Gasteiger partial charge is 0.247 e. The van der Waals surface area contributed by atoms with Crippen molar-refractivity contribution >= 4 is 16.2 Å². The summed E-state index contributed by atoms with van der Waals surface area (Å²) in [5.74, 6) is 1.50. The Hall–Kier alpha value is -1.96. The predicted molar refractivity (Wildman–Crippen MR) is 109 cm³/mol. The van der Waals surface area contributed by atoms with Crippen LogP contribution in [-0.2, 0) is 10.0 Å². The molecule has 8 heteroatoms. The number of nitrogens with zero attached hydrogens (tertiary/aromatic N) is 1. The molecule has 1 rings (SSSR count). The zero-order valence-corrected chi connectivity index (χ0v) is 17.6. The molecule has 0 fully saturated rings. The van der Waals surface area contributed by atoms with Crippen molar-refractivity contribution in [2.24, 2.45) is 5.10 Å². The Bertz CT molecular complexity index is 664. The molecule has 1 aromatic rings. The molecule has 0 bridgehead atoms. The minimum absolute atomic E-state index is 0.0768. The molecule has 0 saturated carbocycles. The van der Waals surface area contributed by atoms with E-state index in [1.165, 1.54) is 53.2 Å². The summed E-state index contributed by atoms with van der Waals surface area (Å²) in [4.78, 5) is 2.25. The largest absolute Gasteiger partial charge is 0.493 e. The highest BCUT2D eigenvalue weighted by Crippen LogP contribution is 2.37. The van der Waals surface area contributed by atoms with Gasteiger partial charge in [0, 0.05) is 5.56 Å². The maximum atomic E-state index is 12.0. The summed E-state index contributed by atoms with van der Waals surface area (Å²) in [6.07, 6.45) is 8.89. The van der Waals surface area contributed by atoms with E-state index in [0.29, 0.717) is 29.2 Å². The first kappa shape index (κ1) is 23.1. The van der Waals surface area contributed by atoms with Crippen LogP contribution in [0.5, 0.6) is 17.2 Å². The number of ether oxygens (including phenoxy) is 3. The topological polar surface area (TPSA) is 86.2 Å². The first-order valence-electron chi connectivity index (χ1n) is 9.30. The highest BCUT2D eigenvalue weighted by molar-refractivity contribution is 7.89. The summed E-state index contributed by atoms with van der Waals surface area (Å²) in [5, 5.41) is 3.84. The van der Waals surface area contributed by atoms with E-state index in [1.54, 1.807) is 12.1 Å². The van der Waals surface area contributed by atoms with Crippen molar-refractivity contribution in [3.8, 4) is 17.2 Å². The maximum Gasteiger partial charge on any atom is 0.247 e. The number of hydrogen-bond acceptors (Lipinski definition) is 6. The SMILES string of the molecule is CCCCCCCCCS(=O)(=O)NN=Cc1cc(OC)c(OC)c(OC)c1. The van der Waals surface area contributed by atoms with Gasteiger partial charge in [-0.25, -0.2) is 13.2 Å². The van der Waals surface area contributed by atoms with Crippen LogP contribution in [0.25, 0.3) is 0 Å². The fourth-order valence-corrected chi connectivity index (χ4v) is 3.54. The van der Waals surface area contributed by atoms with Gasteiger partial charge in [-0.05, 0) is 18.6 Å². The molecule has 0 heterocycles. The van der Waals surface area contributed by atoms with Crippen molar-refractivity contribution in [1.82, 2.24) is 4.83 Å². The molecule has 0 spiro atoms. The van der Waals surface area contributed by atoms with Gasteiger partial charge in [0.1, 0.15) is 0 Å². The standard InChI is InChI=1S/C19H32N2O5S/c1-5-6-7-8-9-10-11-12-27(22,23)21-20-15-16-13-17(24-2)19(26-4)18(14-16)25-3/h13-15,21H,5-12H2,1-4H3. The van der Waals surface area contributed by atoms with Crippen LogP contribution in [0.15, 0.2) is 17.2 Å². The molecule has 0 aliphatic heterocycles. The number of rotatable bonds is 14. The first-order chi connectivity index (χ1) is 13.0. The molecule has 7 nitrogen and oxygen atoms in total.